The molecule has 0 saturated heterocycles. The molecule has 1 aromatic carbocycles. The monoisotopic (exact) mass is 317 g/mol. The molecule has 0 spiro atoms. The van der Waals surface area contributed by atoms with Crippen LogP contribution < -0.4 is 10.1 Å². The first-order valence-corrected chi connectivity index (χ1v) is 8.62. The van der Waals surface area contributed by atoms with Crippen molar-refractivity contribution in [2.45, 2.75) is 30.7 Å². The van der Waals surface area contributed by atoms with E-state index in [1.165, 1.54) is 25.3 Å². The zero-order valence-corrected chi connectivity index (χ0v) is 12.6. The Morgan fingerprint density at radius 1 is 1.45 bits per heavy atom. The number of ether oxygens (including phenoxy) is 1. The summed E-state index contributed by atoms with van der Waals surface area (Å²) in [5, 5.41) is 2.80. The minimum absolute atomic E-state index is 0.00237. The Bertz CT molecular complexity index is 611. The van der Waals surface area contributed by atoms with Gasteiger partial charge in [0, 0.05) is 28.7 Å². The van der Waals surface area contributed by atoms with Crippen molar-refractivity contribution in [1.82, 2.24) is 5.32 Å². The third-order valence-electron chi connectivity index (χ3n) is 3.46. The summed E-state index contributed by atoms with van der Waals surface area (Å²) in [7, 11) is 3.01. The molecule has 1 amide bonds. The molecule has 1 saturated carbocycles. The van der Waals surface area contributed by atoms with Crippen molar-refractivity contribution < 1.29 is 17.9 Å². The normalized spacial score (nSPS) is 15.5. The second kappa shape index (κ2) is 6.01. The molecule has 1 N–H and O–H groups in total. The van der Waals surface area contributed by atoms with Gasteiger partial charge < -0.3 is 10.1 Å². The Labute approximate surface area is 122 Å². The van der Waals surface area contributed by atoms with E-state index in [1.54, 1.807) is 0 Å². The Morgan fingerprint density at radius 2 is 2.15 bits per heavy atom. The molecule has 110 valence electrons. The van der Waals surface area contributed by atoms with E-state index < -0.39 is 9.05 Å². The number of halogens is 1. The molecule has 0 unspecified atom stereocenters. The van der Waals surface area contributed by atoms with Crippen LogP contribution in [0.5, 0.6) is 5.75 Å². The average Bonchev–Trinajstić information content (AvgIpc) is 2.32. The summed E-state index contributed by atoms with van der Waals surface area (Å²) in [6.07, 6.45) is 2.92. The van der Waals surface area contributed by atoms with Gasteiger partial charge in [0.15, 0.2) is 0 Å². The van der Waals surface area contributed by atoms with Crippen LogP contribution in [0, 0.1) is 5.92 Å². The van der Waals surface area contributed by atoms with Crippen LogP contribution in [-0.2, 0) is 20.4 Å². The molecule has 0 radical (unpaired) electrons. The fourth-order valence-electron chi connectivity index (χ4n) is 2.04. The van der Waals surface area contributed by atoms with Crippen molar-refractivity contribution >= 4 is 25.6 Å². The highest BCUT2D eigenvalue weighted by atomic mass is 35.7. The van der Waals surface area contributed by atoms with Gasteiger partial charge in [-0.3, -0.25) is 4.79 Å². The lowest BCUT2D eigenvalue weighted by atomic mass is 9.85. The van der Waals surface area contributed by atoms with E-state index in [1.807, 2.05) is 0 Å². The van der Waals surface area contributed by atoms with Crippen molar-refractivity contribution in [1.29, 1.82) is 0 Å². The molecular weight excluding hydrogens is 302 g/mol. The molecule has 0 heterocycles. The molecule has 0 aromatic heterocycles. The van der Waals surface area contributed by atoms with Crippen molar-refractivity contribution in [2.75, 3.05) is 7.11 Å². The molecule has 1 aromatic rings. The van der Waals surface area contributed by atoms with Crippen LogP contribution in [0.3, 0.4) is 0 Å². The fraction of sp³-hybridized carbons (Fsp3) is 0.462. The van der Waals surface area contributed by atoms with Crippen LogP contribution in [0.15, 0.2) is 23.1 Å². The lowest BCUT2D eigenvalue weighted by Crippen LogP contribution is -2.34. The molecule has 20 heavy (non-hydrogen) atoms. The van der Waals surface area contributed by atoms with Gasteiger partial charge >= 0.3 is 0 Å². The second-order valence-corrected chi connectivity index (χ2v) is 7.32. The average molecular weight is 318 g/mol. The zero-order chi connectivity index (χ0) is 14.8. The van der Waals surface area contributed by atoms with Gasteiger partial charge in [0.2, 0.25) is 5.91 Å². The Balaban J connectivity index is 2.13. The smallest absolute Gasteiger partial charge is 0.261 e. The van der Waals surface area contributed by atoms with Crippen LogP contribution in [0.1, 0.15) is 24.8 Å². The summed E-state index contributed by atoms with van der Waals surface area (Å²) < 4.78 is 27.8. The van der Waals surface area contributed by atoms with Crippen LogP contribution in [0.2, 0.25) is 0 Å². The first kappa shape index (κ1) is 15.1. The number of amides is 1. The van der Waals surface area contributed by atoms with Gasteiger partial charge in [0.25, 0.3) is 9.05 Å². The van der Waals surface area contributed by atoms with Gasteiger partial charge in [-0.1, -0.05) is 6.42 Å². The largest absolute Gasteiger partial charge is 0.496 e. The maximum atomic E-state index is 11.8. The van der Waals surface area contributed by atoms with E-state index >= 15 is 0 Å². The Morgan fingerprint density at radius 3 is 2.65 bits per heavy atom. The summed E-state index contributed by atoms with van der Waals surface area (Å²) >= 11 is 0. The number of hydrogen-bond donors (Lipinski definition) is 1. The first-order valence-electron chi connectivity index (χ1n) is 6.31. The van der Waals surface area contributed by atoms with E-state index in [0.29, 0.717) is 11.3 Å². The summed E-state index contributed by atoms with van der Waals surface area (Å²) in [5.41, 5.74) is 0.585. The number of carbonyl (C=O) groups excluding carboxylic acids is 1. The van der Waals surface area contributed by atoms with Gasteiger partial charge in [0.1, 0.15) is 5.75 Å². The quantitative estimate of drug-likeness (QED) is 0.843. The van der Waals surface area contributed by atoms with Crippen molar-refractivity contribution in [3.05, 3.63) is 23.8 Å². The fourth-order valence-corrected chi connectivity index (χ4v) is 2.84. The van der Waals surface area contributed by atoms with Gasteiger partial charge in [-0.2, -0.15) is 0 Å². The molecule has 0 atom stereocenters. The first-order chi connectivity index (χ1) is 9.41. The summed E-state index contributed by atoms with van der Waals surface area (Å²) in [4.78, 5) is 11.8. The molecule has 2 rings (SSSR count). The highest BCUT2D eigenvalue weighted by Crippen LogP contribution is 2.27. The number of methoxy groups -OCH3 is 1. The van der Waals surface area contributed by atoms with E-state index in [-0.39, 0.29) is 23.3 Å². The van der Waals surface area contributed by atoms with E-state index in [0.717, 1.165) is 19.3 Å². The Kier molecular flexibility index (Phi) is 4.55. The van der Waals surface area contributed by atoms with Crippen LogP contribution in [-0.4, -0.2) is 21.4 Å². The minimum Gasteiger partial charge on any atom is -0.496 e. The standard InChI is InChI=1S/C13H16ClNO4S/c1-19-12-6-5-11(20(14,17)18)7-10(12)8-15-13(16)9-3-2-4-9/h5-7,9H,2-4,8H2,1H3,(H,15,16). The van der Waals surface area contributed by atoms with Crippen molar-refractivity contribution in [3.63, 3.8) is 0 Å². The maximum Gasteiger partial charge on any atom is 0.261 e. The highest BCUT2D eigenvalue weighted by Gasteiger charge is 2.25. The molecular formula is C13H16ClNO4S. The van der Waals surface area contributed by atoms with Crippen molar-refractivity contribution in [2.24, 2.45) is 5.92 Å². The summed E-state index contributed by atoms with van der Waals surface area (Å²) in [6, 6.07) is 4.32. The third kappa shape index (κ3) is 3.43. The molecule has 5 nitrogen and oxygen atoms in total. The van der Waals surface area contributed by atoms with Gasteiger partial charge in [0.05, 0.1) is 12.0 Å². The van der Waals surface area contributed by atoms with Gasteiger partial charge in [-0.15, -0.1) is 0 Å². The maximum absolute atomic E-state index is 11.8. The number of carbonyl (C=O) groups is 1. The van der Waals surface area contributed by atoms with E-state index in [2.05, 4.69) is 5.32 Å². The molecule has 0 bridgehead atoms. The second-order valence-electron chi connectivity index (χ2n) is 4.76. The minimum atomic E-state index is -3.79. The number of rotatable bonds is 5. The SMILES string of the molecule is COc1ccc(S(=O)(=O)Cl)cc1CNC(=O)C1CCC1. The van der Waals surface area contributed by atoms with E-state index in [4.69, 9.17) is 15.4 Å². The van der Waals surface area contributed by atoms with E-state index in [9.17, 15) is 13.2 Å². The topological polar surface area (TPSA) is 72.5 Å². The zero-order valence-electron chi connectivity index (χ0n) is 11.1. The summed E-state index contributed by atoms with van der Waals surface area (Å²) in [5.74, 6) is 0.598. The van der Waals surface area contributed by atoms with Crippen LogP contribution in [0.25, 0.3) is 0 Å². The molecule has 1 aliphatic rings. The molecule has 0 aliphatic heterocycles. The highest BCUT2D eigenvalue weighted by molar-refractivity contribution is 8.13. The van der Waals surface area contributed by atoms with Gasteiger partial charge in [-0.05, 0) is 31.0 Å². The molecule has 1 aliphatic carbocycles. The van der Waals surface area contributed by atoms with Crippen LogP contribution in [0.4, 0.5) is 0 Å². The van der Waals surface area contributed by atoms with Gasteiger partial charge in [-0.25, -0.2) is 8.42 Å². The lowest BCUT2D eigenvalue weighted by Gasteiger charge is -2.24. The predicted octanol–water partition coefficient (Wildman–Crippen LogP) is 2.04. The lowest BCUT2D eigenvalue weighted by molar-refractivity contribution is -0.127. The number of nitrogens with one attached hydrogen (secondary N) is 1. The Hall–Kier alpha value is -1.27. The molecule has 1 fully saturated rings. The van der Waals surface area contributed by atoms with Crippen molar-refractivity contribution in [3.8, 4) is 5.75 Å². The summed E-state index contributed by atoms with van der Waals surface area (Å²) in [6.45, 7) is 0.221. The van der Waals surface area contributed by atoms with Crippen LogP contribution >= 0.6 is 10.7 Å². The molecule has 7 heteroatoms. The predicted molar refractivity (Wildman–Crippen MR) is 75.2 cm³/mol. The third-order valence-corrected chi connectivity index (χ3v) is 4.81. The number of benzene rings is 1. The number of hydrogen-bond acceptors (Lipinski definition) is 4.